The predicted octanol–water partition coefficient (Wildman–Crippen LogP) is 2.05. The van der Waals surface area contributed by atoms with Crippen LogP contribution in [0.5, 0.6) is 0 Å². The van der Waals surface area contributed by atoms with E-state index in [4.69, 9.17) is 5.10 Å². The second-order valence-corrected chi connectivity index (χ2v) is 4.77. The minimum absolute atomic E-state index is 0.330. The van der Waals surface area contributed by atoms with E-state index >= 15 is 0 Å². The summed E-state index contributed by atoms with van der Waals surface area (Å²) in [6.45, 7) is 5.82. The number of nitrogens with zero attached hydrogens (tertiary/aromatic N) is 2. The van der Waals surface area contributed by atoms with Crippen molar-refractivity contribution in [2.24, 2.45) is 5.10 Å². The van der Waals surface area contributed by atoms with E-state index in [1.165, 1.54) is 16.8 Å². The molecule has 1 aliphatic rings. The molecule has 20 heavy (non-hydrogen) atoms. The number of hydrogen-bond donors (Lipinski definition) is 0. The fourth-order valence-corrected chi connectivity index (χ4v) is 2.52. The topological polar surface area (TPSA) is 15.6 Å². The molecule has 2 nitrogen and oxygen atoms in total. The van der Waals surface area contributed by atoms with E-state index in [-0.39, 0.29) is 0 Å². The molecule has 0 saturated heterocycles. The summed E-state index contributed by atoms with van der Waals surface area (Å²) >= 11 is 0. The van der Waals surface area contributed by atoms with Crippen molar-refractivity contribution < 1.29 is 0 Å². The normalized spacial score (nSPS) is 19.2. The molecule has 1 unspecified atom stereocenters. The third-order valence-electron chi connectivity index (χ3n) is 3.57. The van der Waals surface area contributed by atoms with E-state index < -0.39 is 0 Å². The van der Waals surface area contributed by atoms with Crippen molar-refractivity contribution >= 4 is 20.8 Å². The molecule has 1 aliphatic heterocycles. The second-order valence-electron chi connectivity index (χ2n) is 4.77. The summed E-state index contributed by atoms with van der Waals surface area (Å²) in [4.78, 5) is 2.17. The Bertz CT molecular complexity index is 547. The van der Waals surface area contributed by atoms with Crippen LogP contribution in [-0.4, -0.2) is 31.7 Å². The van der Waals surface area contributed by atoms with Crippen LogP contribution in [0.15, 0.2) is 71.9 Å². The van der Waals surface area contributed by atoms with Gasteiger partial charge in [0.1, 0.15) is 0 Å². The van der Waals surface area contributed by atoms with Crippen molar-refractivity contribution in [3.8, 4) is 0 Å². The lowest BCUT2D eigenvalue weighted by Gasteiger charge is -2.23. The minimum Gasteiger partial charge on any atom is -0.346 e. The summed E-state index contributed by atoms with van der Waals surface area (Å²) < 4.78 is 0. The Morgan fingerprint density at radius 2 is 2.20 bits per heavy atom. The molecular formula is C16H20B2N2. The molecule has 100 valence electrons. The first-order valence-corrected chi connectivity index (χ1v) is 7.15. The molecule has 2 rings (SSSR count). The van der Waals surface area contributed by atoms with E-state index in [1.54, 1.807) is 0 Å². The quantitative estimate of drug-likeness (QED) is 0.585. The van der Waals surface area contributed by atoms with Crippen LogP contribution in [0.1, 0.15) is 18.9 Å². The Morgan fingerprint density at radius 3 is 2.80 bits per heavy atom. The zero-order chi connectivity index (χ0) is 14.4. The van der Waals surface area contributed by atoms with Crippen LogP contribution in [0.2, 0.25) is 0 Å². The number of hydrazone groups is 1. The summed E-state index contributed by atoms with van der Waals surface area (Å²) in [5.74, 6) is 0. The summed E-state index contributed by atoms with van der Waals surface area (Å²) in [6.07, 6.45) is 9.05. The molecule has 0 bridgehead atoms. The number of allylic oxidation sites excluding steroid dienone is 3. The Morgan fingerprint density at radius 1 is 1.45 bits per heavy atom. The summed E-state index contributed by atoms with van der Waals surface area (Å²) in [6, 6.07) is 10.8. The van der Waals surface area contributed by atoms with Gasteiger partial charge in [0.25, 0.3) is 0 Å². The van der Waals surface area contributed by atoms with Gasteiger partial charge in [-0.15, -0.1) is 0 Å². The third kappa shape index (κ3) is 3.13. The highest BCUT2D eigenvalue weighted by molar-refractivity contribution is 6.87. The maximum atomic E-state index is 4.78. The van der Waals surface area contributed by atoms with Gasteiger partial charge >= 0.3 is 0 Å². The molecule has 1 atom stereocenters. The molecule has 4 heteroatoms. The Balaban J connectivity index is 2.23. The Labute approximate surface area is 123 Å². The highest BCUT2D eigenvalue weighted by Crippen LogP contribution is 2.25. The first-order chi connectivity index (χ1) is 9.80. The van der Waals surface area contributed by atoms with Gasteiger partial charge in [-0.3, -0.25) is 0 Å². The van der Waals surface area contributed by atoms with Crippen LogP contribution >= 0.6 is 0 Å². The molecule has 0 saturated carbocycles. The molecule has 0 aromatic heterocycles. The maximum Gasteiger partial charge on any atom is 0.217 e. The molecule has 1 heterocycles. The monoisotopic (exact) mass is 262 g/mol. The highest BCUT2D eigenvalue weighted by Gasteiger charge is 2.27. The third-order valence-corrected chi connectivity index (χ3v) is 3.57. The van der Waals surface area contributed by atoms with Crippen LogP contribution < -0.4 is 0 Å². The average molecular weight is 262 g/mol. The highest BCUT2D eigenvalue weighted by atomic mass is 15.4. The van der Waals surface area contributed by atoms with E-state index in [0.717, 1.165) is 13.7 Å². The van der Waals surface area contributed by atoms with Gasteiger partial charge in [0.2, 0.25) is 7.31 Å². The van der Waals surface area contributed by atoms with Gasteiger partial charge in [-0.1, -0.05) is 61.2 Å². The lowest BCUT2D eigenvalue weighted by molar-refractivity contribution is 0.437. The predicted molar refractivity (Wildman–Crippen MR) is 92.0 cm³/mol. The summed E-state index contributed by atoms with van der Waals surface area (Å²) in [5.41, 5.74) is 3.68. The van der Waals surface area contributed by atoms with Crippen molar-refractivity contribution in [3.05, 3.63) is 72.4 Å². The first-order valence-electron chi connectivity index (χ1n) is 7.15. The van der Waals surface area contributed by atoms with Gasteiger partial charge in [-0.05, 0) is 18.1 Å². The van der Waals surface area contributed by atoms with E-state index in [0.29, 0.717) is 6.04 Å². The SMILES string of the molecule is BBN1N=C(c2ccccc2)CC1C(/C=C\C=C)=C/C. The standard InChI is InChI=1S/C16H20B2N2/c1-3-5-9-13(4-2)16-12-15(19-20(16)18-17)14-10-7-6-8-11-14/h3-11,16,18H,1,12,17H2,2H3/b9-5-,13-4+. The Hall–Kier alpha value is -1.96. The molecule has 0 spiro atoms. The lowest BCUT2D eigenvalue weighted by Crippen LogP contribution is -2.31. The van der Waals surface area contributed by atoms with Crippen LogP contribution in [-0.2, 0) is 0 Å². The van der Waals surface area contributed by atoms with Crippen LogP contribution in [0, 0.1) is 0 Å². The fourth-order valence-electron chi connectivity index (χ4n) is 2.52. The van der Waals surface area contributed by atoms with Crippen LogP contribution in [0.3, 0.4) is 0 Å². The molecule has 1 aromatic rings. The Kier molecular flexibility index (Phi) is 5.05. The molecule has 0 N–H and O–H groups in total. The molecule has 0 radical (unpaired) electrons. The molecule has 0 aliphatic carbocycles. The molecule has 1 aromatic carbocycles. The van der Waals surface area contributed by atoms with Gasteiger partial charge in [0.05, 0.1) is 19.5 Å². The largest absolute Gasteiger partial charge is 0.346 e. The molecule has 0 fully saturated rings. The van der Waals surface area contributed by atoms with Gasteiger partial charge in [-0.25, -0.2) is 0 Å². The smallest absolute Gasteiger partial charge is 0.217 e. The number of hydrogen-bond acceptors (Lipinski definition) is 2. The van der Waals surface area contributed by atoms with Crippen LogP contribution in [0.4, 0.5) is 0 Å². The summed E-state index contributed by atoms with van der Waals surface area (Å²) in [5, 5.41) is 4.78. The number of benzene rings is 1. The van der Waals surface area contributed by atoms with Crippen molar-refractivity contribution in [2.45, 2.75) is 19.4 Å². The molecular weight excluding hydrogens is 242 g/mol. The molecule has 0 amide bonds. The summed E-state index contributed by atoms with van der Waals surface area (Å²) in [7, 11) is 3.06. The zero-order valence-corrected chi connectivity index (χ0v) is 12.3. The van der Waals surface area contributed by atoms with E-state index in [2.05, 4.69) is 62.6 Å². The van der Waals surface area contributed by atoms with E-state index in [9.17, 15) is 0 Å². The maximum absolute atomic E-state index is 4.78. The van der Waals surface area contributed by atoms with Crippen molar-refractivity contribution in [1.82, 2.24) is 4.92 Å². The fraction of sp³-hybridized carbons (Fsp3) is 0.188. The average Bonchev–Trinajstić information content (AvgIpc) is 2.93. The van der Waals surface area contributed by atoms with E-state index in [1.807, 2.05) is 18.2 Å². The first kappa shape index (κ1) is 14.4. The van der Waals surface area contributed by atoms with Crippen LogP contribution in [0.25, 0.3) is 0 Å². The van der Waals surface area contributed by atoms with Gasteiger partial charge in [0, 0.05) is 6.42 Å². The van der Waals surface area contributed by atoms with Gasteiger partial charge in [-0.2, -0.15) is 5.10 Å². The van der Waals surface area contributed by atoms with Gasteiger partial charge in [0.15, 0.2) is 0 Å². The number of rotatable bonds is 5. The minimum atomic E-state index is 0.330. The lowest BCUT2D eigenvalue weighted by atomic mass is 9.65. The zero-order valence-electron chi connectivity index (χ0n) is 12.3. The second kappa shape index (κ2) is 6.99. The van der Waals surface area contributed by atoms with Gasteiger partial charge < -0.3 is 4.92 Å². The van der Waals surface area contributed by atoms with Crippen molar-refractivity contribution in [1.29, 1.82) is 0 Å². The van der Waals surface area contributed by atoms with Crippen molar-refractivity contribution in [2.75, 3.05) is 0 Å². The van der Waals surface area contributed by atoms with Crippen molar-refractivity contribution in [3.63, 3.8) is 0 Å².